The highest BCUT2D eigenvalue weighted by Gasteiger charge is 2.14. The minimum absolute atomic E-state index is 0.0616. The van der Waals surface area contributed by atoms with E-state index in [1.165, 1.54) is 12.1 Å². The molecular weight excluding hydrogens is 259 g/mol. The van der Waals surface area contributed by atoms with Gasteiger partial charge in [0.15, 0.2) is 6.61 Å². The van der Waals surface area contributed by atoms with Crippen molar-refractivity contribution in [3.63, 3.8) is 0 Å². The van der Waals surface area contributed by atoms with Crippen LogP contribution < -0.4 is 15.8 Å². The standard InChI is InChI=1S/C15H23FN2O2/c1-9(2)11(4)18-15(19)8-20-14-7-12(16)5-6-13(14)10(3)17/h5-7,9-11H,8,17H2,1-4H3,(H,18,19)/t10-,11?/m0/s1. The second kappa shape index (κ2) is 7.24. The molecule has 0 aromatic heterocycles. The Balaban J connectivity index is 2.65. The van der Waals surface area contributed by atoms with Gasteiger partial charge < -0.3 is 15.8 Å². The summed E-state index contributed by atoms with van der Waals surface area (Å²) >= 11 is 0. The fraction of sp³-hybridized carbons (Fsp3) is 0.533. The van der Waals surface area contributed by atoms with Gasteiger partial charge in [-0.15, -0.1) is 0 Å². The van der Waals surface area contributed by atoms with Crippen LogP contribution in [0.2, 0.25) is 0 Å². The summed E-state index contributed by atoms with van der Waals surface area (Å²) in [6, 6.07) is 3.92. The molecule has 0 aliphatic rings. The summed E-state index contributed by atoms with van der Waals surface area (Å²) < 4.78 is 18.6. The molecule has 0 fully saturated rings. The van der Waals surface area contributed by atoms with Crippen molar-refractivity contribution in [2.45, 2.75) is 39.8 Å². The van der Waals surface area contributed by atoms with Crippen molar-refractivity contribution in [3.8, 4) is 5.75 Å². The number of carbonyl (C=O) groups is 1. The monoisotopic (exact) mass is 282 g/mol. The quantitative estimate of drug-likeness (QED) is 0.842. The Kier molecular flexibility index (Phi) is 5.95. The van der Waals surface area contributed by atoms with E-state index in [0.717, 1.165) is 0 Å². The van der Waals surface area contributed by atoms with Crippen molar-refractivity contribution in [2.75, 3.05) is 6.61 Å². The Morgan fingerprint density at radius 3 is 2.55 bits per heavy atom. The number of ether oxygens (including phenoxy) is 1. The third-order valence-corrected chi connectivity index (χ3v) is 3.21. The van der Waals surface area contributed by atoms with Gasteiger partial charge in [-0.2, -0.15) is 0 Å². The average molecular weight is 282 g/mol. The number of nitrogens with two attached hydrogens (primary N) is 1. The summed E-state index contributed by atoms with van der Waals surface area (Å²) in [6.07, 6.45) is 0. The predicted octanol–water partition coefficient (Wildman–Crippen LogP) is 2.38. The fourth-order valence-electron chi connectivity index (χ4n) is 1.61. The number of halogens is 1. The van der Waals surface area contributed by atoms with E-state index >= 15 is 0 Å². The highest BCUT2D eigenvalue weighted by molar-refractivity contribution is 5.77. The van der Waals surface area contributed by atoms with Crippen molar-refractivity contribution in [3.05, 3.63) is 29.6 Å². The van der Waals surface area contributed by atoms with Gasteiger partial charge in [0.05, 0.1) is 0 Å². The van der Waals surface area contributed by atoms with E-state index in [2.05, 4.69) is 5.32 Å². The molecule has 2 atom stereocenters. The van der Waals surface area contributed by atoms with Crippen molar-refractivity contribution < 1.29 is 13.9 Å². The lowest BCUT2D eigenvalue weighted by Crippen LogP contribution is -2.39. The van der Waals surface area contributed by atoms with Crippen LogP contribution in [0.1, 0.15) is 39.3 Å². The SMILES string of the molecule is CC(C)C(C)NC(=O)COc1cc(F)ccc1[C@H](C)N. The van der Waals surface area contributed by atoms with Gasteiger partial charge in [0.2, 0.25) is 0 Å². The van der Waals surface area contributed by atoms with Crippen LogP contribution in [0.4, 0.5) is 4.39 Å². The van der Waals surface area contributed by atoms with Gasteiger partial charge in [-0.3, -0.25) is 4.79 Å². The Labute approximate surface area is 119 Å². The minimum atomic E-state index is -0.416. The summed E-state index contributed by atoms with van der Waals surface area (Å²) in [5, 5.41) is 2.82. The van der Waals surface area contributed by atoms with Crippen LogP contribution in [-0.4, -0.2) is 18.6 Å². The van der Waals surface area contributed by atoms with Crippen molar-refractivity contribution in [1.29, 1.82) is 0 Å². The highest BCUT2D eigenvalue weighted by Crippen LogP contribution is 2.24. The molecule has 0 bridgehead atoms. The van der Waals surface area contributed by atoms with Gasteiger partial charge in [-0.1, -0.05) is 19.9 Å². The Morgan fingerprint density at radius 2 is 2.00 bits per heavy atom. The molecule has 0 spiro atoms. The lowest BCUT2D eigenvalue weighted by atomic mass is 10.1. The summed E-state index contributed by atoms with van der Waals surface area (Å²) in [6.45, 7) is 7.60. The van der Waals surface area contributed by atoms with E-state index in [1.807, 2.05) is 20.8 Å². The molecule has 4 nitrogen and oxygen atoms in total. The Morgan fingerprint density at radius 1 is 1.35 bits per heavy atom. The molecule has 1 unspecified atom stereocenters. The molecule has 0 saturated heterocycles. The molecule has 0 aliphatic carbocycles. The molecule has 1 aromatic rings. The number of nitrogens with one attached hydrogen (secondary N) is 1. The van der Waals surface area contributed by atoms with E-state index in [1.54, 1.807) is 13.0 Å². The molecule has 1 amide bonds. The number of rotatable bonds is 6. The second-order valence-electron chi connectivity index (χ2n) is 5.36. The molecule has 112 valence electrons. The fourth-order valence-corrected chi connectivity index (χ4v) is 1.61. The summed E-state index contributed by atoms with van der Waals surface area (Å²) in [4.78, 5) is 11.7. The molecule has 5 heteroatoms. The van der Waals surface area contributed by atoms with Crippen LogP contribution in [0.5, 0.6) is 5.75 Å². The number of amides is 1. The van der Waals surface area contributed by atoms with Crippen LogP contribution >= 0.6 is 0 Å². The van der Waals surface area contributed by atoms with Gasteiger partial charge in [0.1, 0.15) is 11.6 Å². The number of carbonyl (C=O) groups excluding carboxylic acids is 1. The number of hydrogen-bond donors (Lipinski definition) is 2. The van der Waals surface area contributed by atoms with E-state index in [9.17, 15) is 9.18 Å². The minimum Gasteiger partial charge on any atom is -0.483 e. The smallest absolute Gasteiger partial charge is 0.258 e. The first-order valence-corrected chi connectivity index (χ1v) is 6.78. The molecule has 0 saturated carbocycles. The third-order valence-electron chi connectivity index (χ3n) is 3.21. The molecular formula is C15H23FN2O2. The number of hydrogen-bond acceptors (Lipinski definition) is 3. The van der Waals surface area contributed by atoms with Crippen molar-refractivity contribution >= 4 is 5.91 Å². The van der Waals surface area contributed by atoms with Crippen LogP contribution in [0, 0.1) is 11.7 Å². The lowest BCUT2D eigenvalue weighted by molar-refractivity contribution is -0.124. The molecule has 1 aromatic carbocycles. The first-order valence-electron chi connectivity index (χ1n) is 6.78. The second-order valence-corrected chi connectivity index (χ2v) is 5.36. The molecule has 20 heavy (non-hydrogen) atoms. The maximum Gasteiger partial charge on any atom is 0.258 e. The first-order chi connectivity index (χ1) is 9.31. The highest BCUT2D eigenvalue weighted by atomic mass is 19.1. The maximum atomic E-state index is 13.2. The summed E-state index contributed by atoms with van der Waals surface area (Å²) in [7, 11) is 0. The van der Waals surface area contributed by atoms with Crippen LogP contribution in [0.3, 0.4) is 0 Å². The Hall–Kier alpha value is -1.62. The zero-order valence-corrected chi connectivity index (χ0v) is 12.4. The van der Waals surface area contributed by atoms with E-state index < -0.39 is 5.82 Å². The van der Waals surface area contributed by atoms with Crippen LogP contribution in [0.25, 0.3) is 0 Å². The molecule has 0 aliphatic heterocycles. The molecule has 1 rings (SSSR count). The van der Waals surface area contributed by atoms with Gasteiger partial charge >= 0.3 is 0 Å². The van der Waals surface area contributed by atoms with Gasteiger partial charge in [-0.05, 0) is 25.8 Å². The topological polar surface area (TPSA) is 64.3 Å². The maximum absolute atomic E-state index is 13.2. The van der Waals surface area contributed by atoms with Crippen molar-refractivity contribution in [2.24, 2.45) is 11.7 Å². The lowest BCUT2D eigenvalue weighted by Gasteiger charge is -2.18. The van der Waals surface area contributed by atoms with Crippen LogP contribution in [0.15, 0.2) is 18.2 Å². The van der Waals surface area contributed by atoms with E-state index in [-0.39, 0.29) is 24.6 Å². The third kappa shape index (κ3) is 4.81. The van der Waals surface area contributed by atoms with Gasteiger partial charge in [0.25, 0.3) is 5.91 Å². The molecule has 3 N–H and O–H groups in total. The summed E-state index contributed by atoms with van der Waals surface area (Å²) in [5.41, 5.74) is 6.47. The summed E-state index contributed by atoms with van der Waals surface area (Å²) in [5.74, 6) is 0.00605. The largest absolute Gasteiger partial charge is 0.483 e. The zero-order valence-electron chi connectivity index (χ0n) is 12.4. The normalized spacial score (nSPS) is 13.9. The van der Waals surface area contributed by atoms with Gasteiger partial charge in [-0.25, -0.2) is 4.39 Å². The van der Waals surface area contributed by atoms with Crippen LogP contribution in [-0.2, 0) is 4.79 Å². The zero-order chi connectivity index (χ0) is 15.3. The molecule has 0 radical (unpaired) electrons. The predicted molar refractivity (Wildman–Crippen MR) is 76.9 cm³/mol. The molecule has 0 heterocycles. The van der Waals surface area contributed by atoms with E-state index in [4.69, 9.17) is 10.5 Å². The first kappa shape index (κ1) is 16.4. The van der Waals surface area contributed by atoms with E-state index in [0.29, 0.717) is 17.2 Å². The Bertz CT molecular complexity index is 461. The van der Waals surface area contributed by atoms with Crippen molar-refractivity contribution in [1.82, 2.24) is 5.32 Å². The van der Waals surface area contributed by atoms with Gasteiger partial charge in [0, 0.05) is 23.7 Å². The number of benzene rings is 1. The average Bonchev–Trinajstić information content (AvgIpc) is 2.35.